The third kappa shape index (κ3) is 2.91. The highest BCUT2D eigenvalue weighted by molar-refractivity contribution is 7.19. The van der Waals surface area contributed by atoms with Gasteiger partial charge in [-0.25, -0.2) is 9.97 Å². The van der Waals surface area contributed by atoms with Crippen LogP contribution in [0.5, 0.6) is 0 Å². The number of rotatable bonds is 5. The standard InChI is InChI=1S/C18H26N4OS/c1-19-8-11-5-6-14(12(7-11)9-23)22-17-16-13-3-2-4-15(13)24-18(16)21-10-20-17/h10-12,14,19,23H,2-9H2,1H3,(H,20,21,22)/t11-,12-,14?/m1/s1. The number of hydrogen-bond acceptors (Lipinski definition) is 6. The zero-order chi connectivity index (χ0) is 16.5. The van der Waals surface area contributed by atoms with Crippen molar-refractivity contribution in [2.75, 3.05) is 25.5 Å². The first kappa shape index (κ1) is 16.2. The van der Waals surface area contributed by atoms with E-state index in [-0.39, 0.29) is 6.61 Å². The zero-order valence-corrected chi connectivity index (χ0v) is 15.0. The predicted molar refractivity (Wildman–Crippen MR) is 98.7 cm³/mol. The summed E-state index contributed by atoms with van der Waals surface area (Å²) in [6.45, 7) is 1.28. The van der Waals surface area contributed by atoms with Gasteiger partial charge in [-0.3, -0.25) is 0 Å². The molecule has 24 heavy (non-hydrogen) atoms. The molecule has 0 bridgehead atoms. The molecule has 0 saturated heterocycles. The van der Waals surface area contributed by atoms with E-state index in [1.165, 1.54) is 35.1 Å². The molecule has 0 aliphatic heterocycles. The van der Waals surface area contributed by atoms with Crippen LogP contribution in [0.15, 0.2) is 6.33 Å². The lowest BCUT2D eigenvalue weighted by Crippen LogP contribution is -2.39. The van der Waals surface area contributed by atoms with E-state index in [9.17, 15) is 5.11 Å². The van der Waals surface area contributed by atoms with Crippen LogP contribution in [-0.4, -0.2) is 41.3 Å². The van der Waals surface area contributed by atoms with E-state index >= 15 is 0 Å². The van der Waals surface area contributed by atoms with E-state index in [4.69, 9.17) is 0 Å². The van der Waals surface area contributed by atoms with Crippen LogP contribution in [0.2, 0.25) is 0 Å². The van der Waals surface area contributed by atoms with Gasteiger partial charge in [-0.2, -0.15) is 0 Å². The van der Waals surface area contributed by atoms with E-state index in [2.05, 4.69) is 20.6 Å². The van der Waals surface area contributed by atoms with Crippen LogP contribution in [0.4, 0.5) is 5.82 Å². The monoisotopic (exact) mass is 346 g/mol. The van der Waals surface area contributed by atoms with Crippen molar-refractivity contribution in [1.82, 2.24) is 15.3 Å². The van der Waals surface area contributed by atoms with Gasteiger partial charge in [0, 0.05) is 23.4 Å². The highest BCUT2D eigenvalue weighted by atomic mass is 32.1. The molecular formula is C18H26N4OS. The Balaban J connectivity index is 1.58. The Morgan fingerprint density at radius 3 is 3.04 bits per heavy atom. The summed E-state index contributed by atoms with van der Waals surface area (Å²) in [4.78, 5) is 11.7. The summed E-state index contributed by atoms with van der Waals surface area (Å²) >= 11 is 1.83. The minimum absolute atomic E-state index is 0.244. The third-order valence-electron chi connectivity index (χ3n) is 5.64. The first-order valence-electron chi connectivity index (χ1n) is 9.07. The normalized spacial score (nSPS) is 26.7. The lowest BCUT2D eigenvalue weighted by molar-refractivity contribution is 0.148. The smallest absolute Gasteiger partial charge is 0.138 e. The van der Waals surface area contributed by atoms with Gasteiger partial charge in [0.2, 0.25) is 0 Å². The number of aliphatic hydroxyl groups excluding tert-OH is 1. The van der Waals surface area contributed by atoms with Gasteiger partial charge in [0.05, 0.1) is 5.39 Å². The van der Waals surface area contributed by atoms with Gasteiger partial charge in [0.1, 0.15) is 17.0 Å². The second-order valence-corrected chi connectivity index (χ2v) is 8.27. The molecule has 2 heterocycles. The van der Waals surface area contributed by atoms with Crippen LogP contribution in [-0.2, 0) is 12.8 Å². The number of thiophene rings is 1. The molecule has 1 fully saturated rings. The average Bonchev–Trinajstić information content (AvgIpc) is 3.17. The van der Waals surface area contributed by atoms with Crippen LogP contribution >= 0.6 is 11.3 Å². The number of aliphatic hydroxyl groups is 1. The summed E-state index contributed by atoms with van der Waals surface area (Å²) in [6.07, 6.45) is 8.63. The summed E-state index contributed by atoms with van der Waals surface area (Å²) in [5, 5.41) is 18.1. The van der Waals surface area contributed by atoms with E-state index < -0.39 is 0 Å². The molecule has 4 rings (SSSR count). The molecule has 2 aliphatic carbocycles. The van der Waals surface area contributed by atoms with E-state index in [1.807, 2.05) is 18.4 Å². The topological polar surface area (TPSA) is 70.1 Å². The van der Waals surface area contributed by atoms with Crippen molar-refractivity contribution in [2.24, 2.45) is 11.8 Å². The van der Waals surface area contributed by atoms with Crippen molar-refractivity contribution in [3.05, 3.63) is 16.8 Å². The maximum atomic E-state index is 9.86. The number of nitrogens with one attached hydrogen (secondary N) is 2. The van der Waals surface area contributed by atoms with Crippen LogP contribution in [0.3, 0.4) is 0 Å². The summed E-state index contributed by atoms with van der Waals surface area (Å²) in [5.74, 6) is 1.95. The van der Waals surface area contributed by atoms with Crippen molar-refractivity contribution >= 4 is 27.4 Å². The van der Waals surface area contributed by atoms with Gasteiger partial charge in [-0.1, -0.05) is 0 Å². The van der Waals surface area contributed by atoms with Crippen molar-refractivity contribution in [1.29, 1.82) is 0 Å². The first-order chi connectivity index (χ1) is 11.8. The van der Waals surface area contributed by atoms with Crippen LogP contribution in [0, 0.1) is 11.8 Å². The quantitative estimate of drug-likeness (QED) is 0.776. The second-order valence-electron chi connectivity index (χ2n) is 7.19. The molecule has 3 atom stereocenters. The fourth-order valence-corrected chi connectivity index (χ4v) is 5.67. The fraction of sp³-hybridized carbons (Fsp3) is 0.667. The molecule has 0 amide bonds. The lowest BCUT2D eigenvalue weighted by atomic mass is 9.78. The molecule has 1 unspecified atom stereocenters. The Morgan fingerprint density at radius 1 is 1.29 bits per heavy atom. The predicted octanol–water partition coefficient (Wildman–Crippen LogP) is 2.59. The molecule has 0 radical (unpaired) electrons. The first-order valence-corrected chi connectivity index (χ1v) is 9.89. The maximum absolute atomic E-state index is 9.86. The van der Waals surface area contributed by atoms with Crippen LogP contribution in [0.25, 0.3) is 10.2 Å². The maximum Gasteiger partial charge on any atom is 0.138 e. The van der Waals surface area contributed by atoms with E-state index in [0.29, 0.717) is 17.9 Å². The van der Waals surface area contributed by atoms with Gasteiger partial charge in [0.15, 0.2) is 0 Å². The summed E-state index contributed by atoms with van der Waals surface area (Å²) in [5.41, 5.74) is 1.46. The van der Waals surface area contributed by atoms with Crippen LogP contribution < -0.4 is 10.6 Å². The Labute approximate surface area is 146 Å². The molecule has 2 aromatic heterocycles. The van der Waals surface area contributed by atoms with Crippen LogP contribution in [0.1, 0.15) is 36.1 Å². The molecule has 5 nitrogen and oxygen atoms in total. The largest absolute Gasteiger partial charge is 0.396 e. The Bertz CT molecular complexity index is 716. The number of fused-ring (bicyclic) bond motifs is 3. The number of hydrogen-bond donors (Lipinski definition) is 3. The minimum Gasteiger partial charge on any atom is -0.396 e. The fourth-order valence-electron chi connectivity index (χ4n) is 4.44. The molecule has 130 valence electrons. The molecular weight excluding hydrogens is 320 g/mol. The Hall–Kier alpha value is -1.24. The number of nitrogens with zero attached hydrogens (tertiary/aromatic N) is 2. The van der Waals surface area contributed by atoms with Crippen molar-refractivity contribution in [2.45, 2.75) is 44.6 Å². The molecule has 3 N–H and O–H groups in total. The molecule has 0 aromatic carbocycles. The highest BCUT2D eigenvalue weighted by Crippen LogP contribution is 2.40. The molecule has 2 aromatic rings. The van der Waals surface area contributed by atoms with Gasteiger partial charge in [-0.05, 0) is 63.6 Å². The van der Waals surface area contributed by atoms with Gasteiger partial charge >= 0.3 is 0 Å². The minimum atomic E-state index is 0.244. The Kier molecular flexibility index (Phi) is 4.70. The zero-order valence-electron chi connectivity index (χ0n) is 14.2. The lowest BCUT2D eigenvalue weighted by Gasteiger charge is -2.36. The Morgan fingerprint density at radius 2 is 2.21 bits per heavy atom. The molecule has 1 saturated carbocycles. The van der Waals surface area contributed by atoms with Gasteiger partial charge < -0.3 is 15.7 Å². The van der Waals surface area contributed by atoms with Crippen molar-refractivity contribution in [3.8, 4) is 0 Å². The van der Waals surface area contributed by atoms with Gasteiger partial charge in [-0.15, -0.1) is 11.3 Å². The molecule has 6 heteroatoms. The summed E-state index contributed by atoms with van der Waals surface area (Å²) in [7, 11) is 2.01. The van der Waals surface area contributed by atoms with Crippen molar-refractivity contribution < 1.29 is 5.11 Å². The average molecular weight is 347 g/mol. The van der Waals surface area contributed by atoms with E-state index in [1.54, 1.807) is 6.33 Å². The number of anilines is 1. The SMILES string of the molecule is CNC[C@@H]1CCC(Nc2ncnc3sc4c(c23)CCC4)[C@@H](CO)C1. The second kappa shape index (κ2) is 6.94. The van der Waals surface area contributed by atoms with Gasteiger partial charge in [0.25, 0.3) is 0 Å². The third-order valence-corrected chi connectivity index (χ3v) is 6.84. The molecule has 0 spiro atoms. The molecule has 2 aliphatic rings. The summed E-state index contributed by atoms with van der Waals surface area (Å²) < 4.78 is 0. The van der Waals surface area contributed by atoms with E-state index in [0.717, 1.165) is 36.5 Å². The highest BCUT2D eigenvalue weighted by Gasteiger charge is 2.31. The number of aromatic nitrogens is 2. The summed E-state index contributed by atoms with van der Waals surface area (Å²) in [6, 6.07) is 0.304. The number of aryl methyl sites for hydroxylation is 2. The van der Waals surface area contributed by atoms with Crippen molar-refractivity contribution in [3.63, 3.8) is 0 Å².